The number of benzene rings is 2. The maximum Gasteiger partial charge on any atom is 0.274 e. The predicted octanol–water partition coefficient (Wildman–Crippen LogP) is 3.77. The molecule has 1 aromatic heterocycles. The highest BCUT2D eigenvalue weighted by Crippen LogP contribution is 2.25. The largest absolute Gasteiger partial charge is 0.339 e. The molecule has 4 rings (SSSR count). The van der Waals surface area contributed by atoms with Crippen LogP contribution in [0.25, 0.3) is 10.1 Å². The SMILES string of the molecule is CCC(C(=O)N1CCN(C(=O)c2nsc3ccccc23)CC1)c1ccccc1. The fourth-order valence-electron chi connectivity index (χ4n) is 3.78. The first-order chi connectivity index (χ1) is 13.7. The molecule has 0 spiro atoms. The van der Waals surface area contributed by atoms with E-state index in [0.29, 0.717) is 31.9 Å². The zero-order valence-corrected chi connectivity index (χ0v) is 16.7. The quantitative estimate of drug-likeness (QED) is 0.678. The summed E-state index contributed by atoms with van der Waals surface area (Å²) >= 11 is 1.35. The van der Waals surface area contributed by atoms with E-state index in [1.165, 1.54) is 11.5 Å². The van der Waals surface area contributed by atoms with Gasteiger partial charge in [0, 0.05) is 31.6 Å². The summed E-state index contributed by atoms with van der Waals surface area (Å²) in [5.41, 5.74) is 1.58. The fraction of sp³-hybridized carbons (Fsp3) is 0.318. The van der Waals surface area contributed by atoms with Crippen LogP contribution in [0.5, 0.6) is 0 Å². The van der Waals surface area contributed by atoms with E-state index in [1.807, 2.05) is 71.3 Å². The maximum atomic E-state index is 13.0. The molecule has 5 nitrogen and oxygen atoms in total. The zero-order chi connectivity index (χ0) is 19.5. The van der Waals surface area contributed by atoms with Crippen molar-refractivity contribution in [2.45, 2.75) is 19.3 Å². The molecule has 1 unspecified atom stereocenters. The van der Waals surface area contributed by atoms with E-state index in [4.69, 9.17) is 0 Å². The normalized spacial score (nSPS) is 15.6. The minimum Gasteiger partial charge on any atom is -0.339 e. The molecule has 1 saturated heterocycles. The van der Waals surface area contributed by atoms with E-state index in [0.717, 1.165) is 22.1 Å². The summed E-state index contributed by atoms with van der Waals surface area (Å²) in [6, 6.07) is 17.7. The van der Waals surface area contributed by atoms with Crippen LogP contribution >= 0.6 is 11.5 Å². The second kappa shape index (κ2) is 8.10. The van der Waals surface area contributed by atoms with E-state index in [1.54, 1.807) is 0 Å². The van der Waals surface area contributed by atoms with Gasteiger partial charge in [-0.25, -0.2) is 0 Å². The summed E-state index contributed by atoms with van der Waals surface area (Å²) in [5, 5.41) is 0.908. The number of aromatic nitrogens is 1. The molecule has 2 amide bonds. The van der Waals surface area contributed by atoms with Crippen LogP contribution in [0.1, 0.15) is 35.3 Å². The second-order valence-corrected chi connectivity index (χ2v) is 7.82. The lowest BCUT2D eigenvalue weighted by atomic mass is 9.95. The van der Waals surface area contributed by atoms with Crippen molar-refractivity contribution in [2.75, 3.05) is 26.2 Å². The van der Waals surface area contributed by atoms with Gasteiger partial charge in [-0.3, -0.25) is 9.59 Å². The number of amides is 2. The molecular weight excluding hydrogens is 370 g/mol. The van der Waals surface area contributed by atoms with Gasteiger partial charge in [-0.1, -0.05) is 55.5 Å². The number of carbonyl (C=O) groups is 2. The standard InChI is InChI=1S/C22H23N3O2S/c1-2-17(16-8-4-3-5-9-16)21(26)24-12-14-25(15-13-24)22(27)20-18-10-6-7-11-19(18)28-23-20/h3-11,17H,2,12-15H2,1H3. The van der Waals surface area contributed by atoms with Gasteiger partial charge in [0.15, 0.2) is 0 Å². The summed E-state index contributed by atoms with van der Waals surface area (Å²) < 4.78 is 5.40. The van der Waals surface area contributed by atoms with Gasteiger partial charge >= 0.3 is 0 Å². The molecule has 1 aliphatic heterocycles. The van der Waals surface area contributed by atoms with E-state index in [9.17, 15) is 9.59 Å². The fourth-order valence-corrected chi connectivity index (χ4v) is 4.55. The van der Waals surface area contributed by atoms with Gasteiger partial charge in [0.2, 0.25) is 5.91 Å². The Morgan fingerprint density at radius 2 is 1.61 bits per heavy atom. The first-order valence-electron chi connectivity index (χ1n) is 9.66. The van der Waals surface area contributed by atoms with E-state index >= 15 is 0 Å². The molecule has 2 aromatic carbocycles. The third-order valence-electron chi connectivity index (χ3n) is 5.37. The molecule has 28 heavy (non-hydrogen) atoms. The summed E-state index contributed by atoms with van der Waals surface area (Å²) in [7, 11) is 0. The van der Waals surface area contributed by atoms with Gasteiger partial charge in [-0.15, -0.1) is 0 Å². The van der Waals surface area contributed by atoms with Crippen molar-refractivity contribution in [3.63, 3.8) is 0 Å². The van der Waals surface area contributed by atoms with Crippen molar-refractivity contribution in [1.29, 1.82) is 0 Å². The Morgan fingerprint density at radius 3 is 2.32 bits per heavy atom. The number of carbonyl (C=O) groups excluding carboxylic acids is 2. The Bertz CT molecular complexity index is 978. The van der Waals surface area contributed by atoms with Crippen molar-refractivity contribution < 1.29 is 9.59 Å². The Balaban J connectivity index is 1.43. The molecule has 0 radical (unpaired) electrons. The molecule has 0 saturated carbocycles. The van der Waals surface area contributed by atoms with Crippen molar-refractivity contribution in [3.8, 4) is 0 Å². The van der Waals surface area contributed by atoms with Crippen LogP contribution in [0.15, 0.2) is 54.6 Å². The minimum atomic E-state index is -0.120. The topological polar surface area (TPSA) is 53.5 Å². The lowest BCUT2D eigenvalue weighted by molar-refractivity contribution is -0.134. The van der Waals surface area contributed by atoms with Gasteiger partial charge in [-0.2, -0.15) is 4.37 Å². The molecular formula is C22H23N3O2S. The summed E-state index contributed by atoms with van der Waals surface area (Å²) in [5.74, 6) is -0.00880. The molecule has 1 fully saturated rings. The molecule has 0 aliphatic carbocycles. The molecule has 0 bridgehead atoms. The van der Waals surface area contributed by atoms with E-state index < -0.39 is 0 Å². The number of piperazine rings is 1. The zero-order valence-electron chi connectivity index (χ0n) is 15.9. The monoisotopic (exact) mass is 393 g/mol. The number of rotatable bonds is 4. The van der Waals surface area contributed by atoms with Crippen LogP contribution in [0.2, 0.25) is 0 Å². The Hall–Kier alpha value is -2.73. The number of hydrogen-bond acceptors (Lipinski definition) is 4. The average Bonchev–Trinajstić information content (AvgIpc) is 3.19. The van der Waals surface area contributed by atoms with Gasteiger partial charge < -0.3 is 9.80 Å². The average molecular weight is 394 g/mol. The van der Waals surface area contributed by atoms with Crippen molar-refractivity contribution in [1.82, 2.24) is 14.2 Å². The Morgan fingerprint density at radius 1 is 0.964 bits per heavy atom. The summed E-state index contributed by atoms with van der Waals surface area (Å²) in [6.45, 7) is 4.26. The van der Waals surface area contributed by atoms with Crippen LogP contribution in [-0.2, 0) is 4.79 Å². The summed E-state index contributed by atoms with van der Waals surface area (Å²) in [4.78, 5) is 29.7. The molecule has 144 valence electrons. The minimum absolute atomic E-state index is 0.0420. The van der Waals surface area contributed by atoms with Gasteiger partial charge in [0.05, 0.1) is 10.6 Å². The molecule has 1 aliphatic rings. The highest BCUT2D eigenvalue weighted by Gasteiger charge is 2.30. The third kappa shape index (κ3) is 3.52. The smallest absolute Gasteiger partial charge is 0.274 e. The van der Waals surface area contributed by atoms with E-state index in [-0.39, 0.29) is 17.7 Å². The van der Waals surface area contributed by atoms with Crippen molar-refractivity contribution in [2.24, 2.45) is 0 Å². The maximum absolute atomic E-state index is 13.0. The van der Waals surface area contributed by atoms with Gasteiger partial charge in [0.1, 0.15) is 5.69 Å². The highest BCUT2D eigenvalue weighted by atomic mass is 32.1. The van der Waals surface area contributed by atoms with E-state index in [2.05, 4.69) is 4.37 Å². The molecule has 0 N–H and O–H groups in total. The van der Waals surface area contributed by atoms with Crippen LogP contribution in [0.3, 0.4) is 0 Å². The third-order valence-corrected chi connectivity index (χ3v) is 6.19. The Kier molecular flexibility index (Phi) is 5.39. The molecule has 3 aromatic rings. The van der Waals surface area contributed by atoms with Crippen LogP contribution in [0.4, 0.5) is 0 Å². The Labute approximate surface area is 168 Å². The number of hydrogen-bond donors (Lipinski definition) is 0. The van der Waals surface area contributed by atoms with Gasteiger partial charge in [0.25, 0.3) is 5.91 Å². The van der Waals surface area contributed by atoms with Crippen LogP contribution in [-0.4, -0.2) is 52.2 Å². The number of fused-ring (bicyclic) bond motifs is 1. The number of nitrogens with zero attached hydrogens (tertiary/aromatic N) is 3. The molecule has 1 atom stereocenters. The first-order valence-corrected chi connectivity index (χ1v) is 10.4. The molecule has 6 heteroatoms. The molecule has 2 heterocycles. The first kappa shape index (κ1) is 18.6. The summed E-state index contributed by atoms with van der Waals surface area (Å²) in [6.07, 6.45) is 0.771. The van der Waals surface area contributed by atoms with Crippen molar-refractivity contribution >= 4 is 33.4 Å². The van der Waals surface area contributed by atoms with Gasteiger partial charge in [-0.05, 0) is 29.6 Å². The predicted molar refractivity (Wildman–Crippen MR) is 112 cm³/mol. The van der Waals surface area contributed by atoms with Crippen LogP contribution in [0, 0.1) is 0 Å². The highest BCUT2D eigenvalue weighted by molar-refractivity contribution is 7.13. The lowest BCUT2D eigenvalue weighted by Gasteiger charge is -2.36. The van der Waals surface area contributed by atoms with Crippen LogP contribution < -0.4 is 0 Å². The lowest BCUT2D eigenvalue weighted by Crippen LogP contribution is -2.51. The second-order valence-electron chi connectivity index (χ2n) is 7.02. The van der Waals surface area contributed by atoms with Crippen molar-refractivity contribution in [3.05, 3.63) is 65.9 Å².